The van der Waals surface area contributed by atoms with Gasteiger partial charge in [-0.25, -0.2) is 8.78 Å². The number of rotatable bonds is 4. The fraction of sp³-hybridized carbons (Fsp3) is 0.417. The minimum absolute atomic E-state index is 0.128. The number of alkyl halides is 2. The minimum Gasteiger partial charge on any atom is -0.346 e. The molecule has 1 heterocycles. The third kappa shape index (κ3) is 2.68. The molecule has 0 atom stereocenters. The summed E-state index contributed by atoms with van der Waals surface area (Å²) in [5.74, 6) is 0. The maximum absolute atomic E-state index is 12.9. The molecular weight excluding hydrogens is 230 g/mol. The molecule has 2 rings (SSSR count). The molecule has 0 aromatic heterocycles. The Kier molecular flexibility index (Phi) is 3.81. The zero-order valence-electron chi connectivity index (χ0n) is 9.07. The molecule has 1 saturated heterocycles. The molecule has 3 nitrogen and oxygen atoms in total. The summed E-state index contributed by atoms with van der Waals surface area (Å²) in [4.78, 5) is 10.4. The Morgan fingerprint density at radius 1 is 1.35 bits per heavy atom. The summed E-state index contributed by atoms with van der Waals surface area (Å²) in [6, 6.07) is 4.51. The number of aldehydes is 1. The lowest BCUT2D eigenvalue weighted by molar-refractivity contribution is -0.107. The number of benzene rings is 1. The molecule has 0 aliphatic carbocycles. The van der Waals surface area contributed by atoms with E-state index < -0.39 is 12.7 Å². The first kappa shape index (κ1) is 12.1. The highest BCUT2D eigenvalue weighted by atomic mass is 19.3. The molecule has 1 aromatic rings. The van der Waals surface area contributed by atoms with Gasteiger partial charge in [-0.05, 0) is 11.6 Å². The molecule has 5 heteroatoms. The second-order valence-electron chi connectivity index (χ2n) is 3.71. The van der Waals surface area contributed by atoms with E-state index in [9.17, 15) is 13.6 Å². The first-order chi connectivity index (χ1) is 8.22. The Balaban J connectivity index is 2.33. The van der Waals surface area contributed by atoms with Crippen LogP contribution in [0.2, 0.25) is 0 Å². The van der Waals surface area contributed by atoms with Gasteiger partial charge in [-0.3, -0.25) is 0 Å². The van der Waals surface area contributed by atoms with Crippen molar-refractivity contribution in [2.75, 3.05) is 13.2 Å². The highest BCUT2D eigenvalue weighted by Crippen LogP contribution is 2.32. The summed E-state index contributed by atoms with van der Waals surface area (Å²) >= 11 is 0. The Morgan fingerprint density at radius 3 is 2.65 bits per heavy atom. The number of hydrogen-bond donors (Lipinski definition) is 0. The maximum atomic E-state index is 12.9. The normalized spacial score (nSPS) is 16.6. The molecule has 92 valence electrons. The fourth-order valence-corrected chi connectivity index (χ4v) is 1.79. The van der Waals surface area contributed by atoms with Gasteiger partial charge in [0.05, 0.1) is 13.2 Å². The van der Waals surface area contributed by atoms with Gasteiger partial charge in [0.1, 0.15) is 6.29 Å². The smallest absolute Gasteiger partial charge is 0.264 e. The molecule has 0 bridgehead atoms. The summed E-state index contributed by atoms with van der Waals surface area (Å²) in [6.07, 6.45) is -2.51. The van der Waals surface area contributed by atoms with Gasteiger partial charge in [-0.1, -0.05) is 12.1 Å². The average Bonchev–Trinajstić information content (AvgIpc) is 2.82. The number of halogens is 2. The second kappa shape index (κ2) is 5.33. The summed E-state index contributed by atoms with van der Waals surface area (Å²) < 4.78 is 36.2. The van der Waals surface area contributed by atoms with E-state index in [-0.39, 0.29) is 12.0 Å². The van der Waals surface area contributed by atoms with Crippen LogP contribution < -0.4 is 0 Å². The van der Waals surface area contributed by atoms with E-state index in [1.165, 1.54) is 12.1 Å². The van der Waals surface area contributed by atoms with Gasteiger partial charge in [-0.15, -0.1) is 0 Å². The Labute approximate surface area is 97.3 Å². The highest BCUT2D eigenvalue weighted by Gasteiger charge is 2.24. The minimum atomic E-state index is -2.61. The third-order valence-corrected chi connectivity index (χ3v) is 2.58. The van der Waals surface area contributed by atoms with Crippen LogP contribution in [0, 0.1) is 0 Å². The molecule has 0 radical (unpaired) electrons. The lowest BCUT2D eigenvalue weighted by Crippen LogP contribution is -2.04. The van der Waals surface area contributed by atoms with Crippen LogP contribution in [-0.2, 0) is 20.7 Å². The van der Waals surface area contributed by atoms with Crippen molar-refractivity contribution in [2.45, 2.75) is 19.1 Å². The van der Waals surface area contributed by atoms with E-state index in [0.29, 0.717) is 30.6 Å². The van der Waals surface area contributed by atoms with Crippen molar-refractivity contribution in [3.63, 3.8) is 0 Å². The quantitative estimate of drug-likeness (QED) is 0.760. The topological polar surface area (TPSA) is 35.5 Å². The number of carbonyl (C=O) groups excluding carboxylic acids is 1. The molecule has 0 N–H and O–H groups in total. The van der Waals surface area contributed by atoms with E-state index in [4.69, 9.17) is 9.47 Å². The van der Waals surface area contributed by atoms with E-state index in [0.717, 1.165) is 0 Å². The lowest BCUT2D eigenvalue weighted by Gasteiger charge is -2.15. The molecule has 0 saturated carbocycles. The summed E-state index contributed by atoms with van der Waals surface area (Å²) in [5, 5.41) is 0. The van der Waals surface area contributed by atoms with Crippen LogP contribution in [0.25, 0.3) is 0 Å². The van der Waals surface area contributed by atoms with Gasteiger partial charge in [0.2, 0.25) is 0 Å². The van der Waals surface area contributed by atoms with E-state index in [1.54, 1.807) is 6.07 Å². The summed E-state index contributed by atoms with van der Waals surface area (Å²) in [6.45, 7) is 0.812. The average molecular weight is 242 g/mol. The van der Waals surface area contributed by atoms with Gasteiger partial charge < -0.3 is 14.3 Å². The Hall–Kier alpha value is -1.33. The second-order valence-corrected chi connectivity index (χ2v) is 3.71. The molecule has 0 amide bonds. The van der Waals surface area contributed by atoms with Gasteiger partial charge in [0.15, 0.2) is 6.29 Å². The van der Waals surface area contributed by atoms with Crippen LogP contribution in [0.5, 0.6) is 0 Å². The summed E-state index contributed by atoms with van der Waals surface area (Å²) in [5.41, 5.74) is 0.778. The third-order valence-electron chi connectivity index (χ3n) is 2.58. The van der Waals surface area contributed by atoms with Gasteiger partial charge in [-0.2, -0.15) is 0 Å². The molecule has 1 fully saturated rings. The number of ether oxygens (including phenoxy) is 2. The first-order valence-corrected chi connectivity index (χ1v) is 5.30. The van der Waals surface area contributed by atoms with Gasteiger partial charge in [0.25, 0.3) is 6.43 Å². The van der Waals surface area contributed by atoms with Crippen LogP contribution in [-0.4, -0.2) is 19.5 Å². The van der Waals surface area contributed by atoms with Crippen molar-refractivity contribution >= 4 is 6.29 Å². The lowest BCUT2D eigenvalue weighted by atomic mass is 10.0. The number of carbonyl (C=O) groups is 1. The predicted molar refractivity (Wildman–Crippen MR) is 55.8 cm³/mol. The Bertz CT molecular complexity index is 401. The molecule has 17 heavy (non-hydrogen) atoms. The molecular formula is C12H12F2O3. The zero-order valence-corrected chi connectivity index (χ0v) is 9.07. The summed E-state index contributed by atoms with van der Waals surface area (Å²) in [7, 11) is 0. The van der Waals surface area contributed by atoms with Crippen molar-refractivity contribution in [1.82, 2.24) is 0 Å². The molecule has 0 spiro atoms. The van der Waals surface area contributed by atoms with Crippen LogP contribution in [0.3, 0.4) is 0 Å². The molecule has 1 aliphatic rings. The van der Waals surface area contributed by atoms with Crippen molar-refractivity contribution in [3.05, 3.63) is 34.9 Å². The van der Waals surface area contributed by atoms with E-state index >= 15 is 0 Å². The van der Waals surface area contributed by atoms with Crippen molar-refractivity contribution in [2.24, 2.45) is 0 Å². The highest BCUT2D eigenvalue weighted by molar-refractivity contribution is 5.55. The Morgan fingerprint density at radius 2 is 2.06 bits per heavy atom. The molecule has 0 unspecified atom stereocenters. The van der Waals surface area contributed by atoms with Gasteiger partial charge in [0, 0.05) is 17.5 Å². The first-order valence-electron chi connectivity index (χ1n) is 5.30. The zero-order chi connectivity index (χ0) is 12.3. The van der Waals surface area contributed by atoms with Crippen molar-refractivity contribution in [3.8, 4) is 0 Å². The van der Waals surface area contributed by atoms with Crippen molar-refractivity contribution in [1.29, 1.82) is 0 Å². The van der Waals surface area contributed by atoms with Crippen molar-refractivity contribution < 1.29 is 23.0 Å². The maximum Gasteiger partial charge on any atom is 0.264 e. The van der Waals surface area contributed by atoms with Crippen LogP contribution in [0.4, 0.5) is 8.78 Å². The van der Waals surface area contributed by atoms with Crippen LogP contribution in [0.1, 0.15) is 29.4 Å². The standard InChI is InChI=1S/C12H12F2O3/c13-11(14)10-7-8(3-4-15)1-2-9(10)12-16-5-6-17-12/h1-2,4,7,11-12H,3,5-6H2. The largest absolute Gasteiger partial charge is 0.346 e. The fourth-order valence-electron chi connectivity index (χ4n) is 1.79. The van der Waals surface area contributed by atoms with E-state index in [1.807, 2.05) is 0 Å². The van der Waals surface area contributed by atoms with E-state index in [2.05, 4.69) is 0 Å². The molecule has 1 aliphatic heterocycles. The predicted octanol–water partition coefficient (Wildman–Crippen LogP) is 2.41. The molecule has 1 aromatic carbocycles. The number of hydrogen-bond acceptors (Lipinski definition) is 3. The van der Waals surface area contributed by atoms with Crippen LogP contribution >= 0.6 is 0 Å². The van der Waals surface area contributed by atoms with Crippen LogP contribution in [0.15, 0.2) is 18.2 Å². The SMILES string of the molecule is O=CCc1ccc(C2OCCO2)c(C(F)F)c1. The van der Waals surface area contributed by atoms with Gasteiger partial charge >= 0.3 is 0 Å². The monoisotopic (exact) mass is 242 g/mol.